The van der Waals surface area contributed by atoms with E-state index in [9.17, 15) is 14.0 Å². The number of rotatable bonds is 4. The predicted octanol–water partition coefficient (Wildman–Crippen LogP) is 1.24. The molecule has 0 unspecified atom stereocenters. The Morgan fingerprint density at radius 2 is 1.94 bits per heavy atom. The number of aryl methyl sites for hydroxylation is 1. The van der Waals surface area contributed by atoms with Crippen molar-refractivity contribution < 1.29 is 14.1 Å². The van der Waals surface area contributed by atoms with Crippen LogP contribution in [0, 0.1) is 5.82 Å². The van der Waals surface area contributed by atoms with Crippen LogP contribution >= 0.6 is 0 Å². The van der Waals surface area contributed by atoms with Crippen LogP contribution in [0.4, 0.5) is 10.3 Å². The van der Waals surface area contributed by atoms with Crippen LogP contribution in [-0.4, -0.2) is 31.5 Å². The zero-order valence-electron chi connectivity index (χ0n) is 17.4. The van der Waals surface area contributed by atoms with Crippen molar-refractivity contribution in [3.63, 3.8) is 0 Å². The fourth-order valence-corrected chi connectivity index (χ4v) is 4.09. The number of hydrogen-bond acceptors (Lipinski definition) is 5. The van der Waals surface area contributed by atoms with Crippen molar-refractivity contribution in [1.82, 2.24) is 18.7 Å². The molecule has 0 aliphatic carbocycles. The van der Waals surface area contributed by atoms with Gasteiger partial charge in [0.1, 0.15) is 11.5 Å². The molecular formula is C22H22FN6O3+. The Hall–Kier alpha value is -3.79. The predicted molar refractivity (Wildman–Crippen MR) is 115 cm³/mol. The maximum absolute atomic E-state index is 13.6. The molecule has 3 aromatic heterocycles. The van der Waals surface area contributed by atoms with Gasteiger partial charge in [-0.25, -0.2) is 14.2 Å². The zero-order chi connectivity index (χ0) is 22.4. The molecule has 1 fully saturated rings. The minimum atomic E-state index is -0.388. The van der Waals surface area contributed by atoms with E-state index in [1.54, 1.807) is 31.4 Å². The van der Waals surface area contributed by atoms with E-state index in [0.717, 1.165) is 12.8 Å². The van der Waals surface area contributed by atoms with Gasteiger partial charge in [0.15, 0.2) is 0 Å². The number of aromatic amines is 1. The summed E-state index contributed by atoms with van der Waals surface area (Å²) in [7, 11) is 1.64. The lowest BCUT2D eigenvalue weighted by atomic mass is 10.0. The number of nitrogens with zero attached hydrogens (tertiary/aromatic N) is 4. The van der Waals surface area contributed by atoms with E-state index in [4.69, 9.17) is 10.5 Å². The van der Waals surface area contributed by atoms with Crippen LogP contribution in [0.5, 0.6) is 0 Å². The highest BCUT2D eigenvalue weighted by Crippen LogP contribution is 2.32. The molecular weight excluding hydrogens is 415 g/mol. The summed E-state index contributed by atoms with van der Waals surface area (Å²) < 4.78 is 23.3. The van der Waals surface area contributed by atoms with Crippen molar-refractivity contribution in [1.29, 1.82) is 0 Å². The average molecular weight is 437 g/mol. The number of H-pyrrole nitrogens is 1. The van der Waals surface area contributed by atoms with E-state index >= 15 is 0 Å². The normalized spacial score (nSPS) is 16.1. The van der Waals surface area contributed by atoms with Gasteiger partial charge in [0.25, 0.3) is 0 Å². The van der Waals surface area contributed by atoms with Crippen molar-refractivity contribution >= 4 is 11.6 Å². The molecule has 164 valence electrons. The Balaban J connectivity index is 1.80. The van der Waals surface area contributed by atoms with Gasteiger partial charge in [0.2, 0.25) is 11.2 Å². The largest absolute Gasteiger partial charge is 0.411 e. The second-order valence-electron chi connectivity index (χ2n) is 7.89. The molecule has 1 atom stereocenters. The number of fused-ring (bicyclic) bond motifs is 1. The highest BCUT2D eigenvalue weighted by Gasteiger charge is 2.27. The molecule has 5 rings (SSSR count). The number of benzene rings is 1. The average Bonchev–Trinajstić information content (AvgIpc) is 3.39. The fourth-order valence-electron chi connectivity index (χ4n) is 4.09. The van der Waals surface area contributed by atoms with Crippen LogP contribution in [0.2, 0.25) is 0 Å². The van der Waals surface area contributed by atoms with Gasteiger partial charge in [-0.3, -0.25) is 10.5 Å². The molecule has 0 bridgehead atoms. The van der Waals surface area contributed by atoms with Crippen LogP contribution in [-0.2, 0) is 18.3 Å². The summed E-state index contributed by atoms with van der Waals surface area (Å²) in [5.41, 5.74) is 8.46. The summed E-state index contributed by atoms with van der Waals surface area (Å²) in [4.78, 5) is 28.2. The van der Waals surface area contributed by atoms with Gasteiger partial charge in [-0.1, -0.05) is 0 Å². The minimum Gasteiger partial charge on any atom is -0.376 e. The Morgan fingerprint density at radius 3 is 2.62 bits per heavy atom. The number of halogens is 1. The SMILES string of the molecule is Cn1cc(-c2c(-c3ccc(F)cc3)[nH+]c(N)n3c(=O)n(C[C@H]4CCCO4)nc23)ccc1=O. The van der Waals surface area contributed by atoms with Gasteiger partial charge in [-0.15, -0.1) is 9.50 Å². The number of pyridine rings is 1. The van der Waals surface area contributed by atoms with Crippen molar-refractivity contribution in [2.75, 3.05) is 12.3 Å². The highest BCUT2D eigenvalue weighted by molar-refractivity contribution is 5.88. The standard InChI is InChI=1S/C22H21FN6O3/c1-27-11-14(6-9-17(27)30)18-19(13-4-7-15(23)8-5-13)25-21(24)29-20(18)26-28(22(29)31)12-16-3-2-10-32-16/h4-9,11,16H,2-3,10,12H2,1H3,(H2,24,25)/p+1/t16-/m1/s1. The van der Waals surface area contributed by atoms with Gasteiger partial charge in [-0.2, -0.15) is 4.68 Å². The smallest absolute Gasteiger partial charge is 0.376 e. The van der Waals surface area contributed by atoms with Crippen LogP contribution in [0.15, 0.2) is 52.2 Å². The Morgan fingerprint density at radius 1 is 1.19 bits per heavy atom. The molecule has 9 nitrogen and oxygen atoms in total. The van der Waals surface area contributed by atoms with E-state index in [1.165, 1.54) is 31.8 Å². The first kappa shape index (κ1) is 20.1. The summed E-state index contributed by atoms with van der Waals surface area (Å²) in [6, 6.07) is 9.02. The summed E-state index contributed by atoms with van der Waals surface area (Å²) in [6.45, 7) is 0.985. The van der Waals surface area contributed by atoms with Gasteiger partial charge in [0.05, 0.1) is 18.2 Å². The monoisotopic (exact) mass is 437 g/mol. The molecule has 1 aromatic carbocycles. The van der Waals surface area contributed by atoms with E-state index in [1.807, 2.05) is 0 Å². The topological polar surface area (TPSA) is 111 Å². The third kappa shape index (κ3) is 3.38. The summed E-state index contributed by atoms with van der Waals surface area (Å²) in [6.07, 6.45) is 3.38. The molecule has 0 amide bonds. The van der Waals surface area contributed by atoms with Gasteiger partial charge >= 0.3 is 11.6 Å². The van der Waals surface area contributed by atoms with Crippen molar-refractivity contribution in [2.24, 2.45) is 7.05 Å². The van der Waals surface area contributed by atoms with E-state index in [0.29, 0.717) is 41.2 Å². The first-order valence-corrected chi connectivity index (χ1v) is 10.3. The molecule has 3 N–H and O–H groups in total. The highest BCUT2D eigenvalue weighted by atomic mass is 19.1. The molecule has 1 saturated heterocycles. The molecule has 0 radical (unpaired) electrons. The zero-order valence-corrected chi connectivity index (χ0v) is 17.4. The van der Waals surface area contributed by atoms with E-state index in [2.05, 4.69) is 10.1 Å². The molecule has 4 heterocycles. The lowest BCUT2D eigenvalue weighted by molar-refractivity contribution is -0.351. The minimum absolute atomic E-state index is 0.0830. The molecule has 1 aliphatic heterocycles. The summed E-state index contributed by atoms with van der Waals surface area (Å²) in [5.74, 6) is -0.278. The molecule has 4 aromatic rings. The third-order valence-electron chi connectivity index (χ3n) is 5.71. The van der Waals surface area contributed by atoms with Crippen molar-refractivity contribution in [3.05, 3.63) is 69.3 Å². The number of nitrogens with one attached hydrogen (secondary N) is 1. The Labute approximate surface area is 181 Å². The number of anilines is 1. The lowest BCUT2D eigenvalue weighted by Gasteiger charge is -2.10. The number of hydrogen-bond donors (Lipinski definition) is 1. The van der Waals surface area contributed by atoms with Gasteiger partial charge in [0, 0.05) is 37.0 Å². The van der Waals surface area contributed by atoms with E-state index in [-0.39, 0.29) is 29.1 Å². The number of nitrogens with two attached hydrogens (primary N) is 1. The van der Waals surface area contributed by atoms with E-state index < -0.39 is 0 Å². The number of nitrogen functional groups attached to an aromatic ring is 1. The Kier molecular flexibility index (Phi) is 4.86. The van der Waals surface area contributed by atoms with Gasteiger partial charge in [-0.05, 0) is 43.2 Å². The lowest BCUT2D eigenvalue weighted by Crippen LogP contribution is -2.30. The molecule has 10 heteroatoms. The van der Waals surface area contributed by atoms with Crippen LogP contribution in [0.1, 0.15) is 12.8 Å². The third-order valence-corrected chi connectivity index (χ3v) is 5.71. The second-order valence-corrected chi connectivity index (χ2v) is 7.89. The summed E-state index contributed by atoms with van der Waals surface area (Å²) in [5, 5.41) is 4.59. The molecule has 0 spiro atoms. The maximum atomic E-state index is 13.6. The van der Waals surface area contributed by atoms with Crippen molar-refractivity contribution in [2.45, 2.75) is 25.5 Å². The quantitative estimate of drug-likeness (QED) is 0.517. The molecule has 1 aliphatic rings. The second kappa shape index (κ2) is 7.72. The van der Waals surface area contributed by atoms with Crippen LogP contribution in [0.25, 0.3) is 28.0 Å². The number of aromatic nitrogens is 5. The first-order chi connectivity index (χ1) is 15.4. The van der Waals surface area contributed by atoms with Crippen LogP contribution < -0.4 is 22.0 Å². The van der Waals surface area contributed by atoms with Crippen molar-refractivity contribution in [3.8, 4) is 22.4 Å². The fraction of sp³-hybridized carbons (Fsp3) is 0.273. The molecule has 32 heavy (non-hydrogen) atoms. The van der Waals surface area contributed by atoms with Gasteiger partial charge < -0.3 is 9.30 Å². The van der Waals surface area contributed by atoms with Crippen LogP contribution in [0.3, 0.4) is 0 Å². The Bertz CT molecular complexity index is 1430. The summed E-state index contributed by atoms with van der Waals surface area (Å²) >= 11 is 0. The molecule has 0 saturated carbocycles. The first-order valence-electron chi connectivity index (χ1n) is 10.3. The maximum Gasteiger partial charge on any atom is 0.411 e. The number of ether oxygens (including phenoxy) is 1.